The first-order valence-electron chi connectivity index (χ1n) is 4.79. The maximum absolute atomic E-state index is 12.4. The van der Waals surface area contributed by atoms with Crippen LogP contribution < -0.4 is 5.56 Å². The van der Waals surface area contributed by atoms with E-state index in [0.717, 1.165) is 6.07 Å². The third-order valence-electron chi connectivity index (χ3n) is 2.24. The van der Waals surface area contributed by atoms with Gasteiger partial charge < -0.3 is 4.57 Å². The van der Waals surface area contributed by atoms with E-state index < -0.39 is 35.9 Å². The minimum Gasteiger partial charge on any atom is -0.313 e. The van der Waals surface area contributed by atoms with Crippen LogP contribution in [0.15, 0.2) is 23.1 Å². The Bertz CT molecular complexity index is 551. The van der Waals surface area contributed by atoms with E-state index in [2.05, 4.69) is 0 Å². The minimum atomic E-state index is -4.91. The SMILES string of the molecule is N#CC(Cn1cc(C(F)(F)F)ccc1=O)C(F)(F)F. The summed E-state index contributed by atoms with van der Waals surface area (Å²) in [5.41, 5.74) is -2.30. The van der Waals surface area contributed by atoms with Gasteiger partial charge in [-0.15, -0.1) is 0 Å². The summed E-state index contributed by atoms with van der Waals surface area (Å²) in [5.74, 6) is -2.55. The Morgan fingerprint density at radius 3 is 2.21 bits per heavy atom. The molecular weight excluding hydrogens is 278 g/mol. The van der Waals surface area contributed by atoms with Gasteiger partial charge in [0.2, 0.25) is 0 Å². The summed E-state index contributed by atoms with van der Waals surface area (Å²) in [6.45, 7) is -1.18. The smallest absolute Gasteiger partial charge is 0.313 e. The predicted octanol–water partition coefficient (Wildman–Crippen LogP) is 2.57. The minimum absolute atomic E-state index is 0.226. The molecule has 0 N–H and O–H groups in total. The quantitative estimate of drug-likeness (QED) is 0.783. The Kier molecular flexibility index (Phi) is 3.93. The van der Waals surface area contributed by atoms with Crippen LogP contribution in [0, 0.1) is 17.2 Å². The van der Waals surface area contributed by atoms with E-state index in [1.54, 1.807) is 0 Å². The molecule has 0 amide bonds. The van der Waals surface area contributed by atoms with Crippen LogP contribution in [0.5, 0.6) is 0 Å². The molecule has 0 aliphatic heterocycles. The predicted molar refractivity (Wildman–Crippen MR) is 50.9 cm³/mol. The van der Waals surface area contributed by atoms with Crippen molar-refractivity contribution in [3.63, 3.8) is 0 Å². The zero-order valence-electron chi connectivity index (χ0n) is 9.09. The van der Waals surface area contributed by atoms with E-state index in [0.29, 0.717) is 12.1 Å². The molecule has 0 aliphatic rings. The maximum atomic E-state index is 12.4. The number of nitrogens with zero attached hydrogens (tertiary/aromatic N) is 2. The second-order valence-electron chi connectivity index (χ2n) is 3.63. The summed E-state index contributed by atoms with van der Waals surface area (Å²) in [5, 5.41) is 8.34. The molecule has 19 heavy (non-hydrogen) atoms. The van der Waals surface area contributed by atoms with E-state index in [-0.39, 0.29) is 10.8 Å². The highest BCUT2D eigenvalue weighted by atomic mass is 19.4. The van der Waals surface area contributed by atoms with Crippen molar-refractivity contribution < 1.29 is 26.3 Å². The molecule has 0 bridgehead atoms. The zero-order valence-corrected chi connectivity index (χ0v) is 9.09. The van der Waals surface area contributed by atoms with Gasteiger partial charge in [-0.1, -0.05) is 0 Å². The summed E-state index contributed by atoms with van der Waals surface area (Å²) in [6, 6.07) is 1.88. The molecule has 0 fully saturated rings. The van der Waals surface area contributed by atoms with Crippen molar-refractivity contribution in [2.75, 3.05) is 0 Å². The van der Waals surface area contributed by atoms with Gasteiger partial charge >= 0.3 is 12.4 Å². The molecule has 0 saturated carbocycles. The first kappa shape index (κ1) is 15.1. The van der Waals surface area contributed by atoms with Crippen LogP contribution in [0.4, 0.5) is 26.3 Å². The number of halogens is 6. The topological polar surface area (TPSA) is 45.8 Å². The lowest BCUT2D eigenvalue weighted by molar-refractivity contribution is -0.162. The standard InChI is InChI=1S/C10H6F6N2O/c11-9(12,13)6-1-2-8(19)18(4-6)5-7(3-17)10(14,15)16/h1-2,4,7H,5H2. The average molecular weight is 284 g/mol. The molecule has 0 aliphatic carbocycles. The van der Waals surface area contributed by atoms with Crippen LogP contribution >= 0.6 is 0 Å². The Labute approximate surface area is 102 Å². The van der Waals surface area contributed by atoms with Gasteiger partial charge in [0.1, 0.15) is 0 Å². The van der Waals surface area contributed by atoms with Crippen LogP contribution in [0.1, 0.15) is 5.56 Å². The fraction of sp³-hybridized carbons (Fsp3) is 0.400. The molecule has 3 nitrogen and oxygen atoms in total. The Balaban J connectivity index is 3.15. The molecule has 1 unspecified atom stereocenters. The highest BCUT2D eigenvalue weighted by Crippen LogP contribution is 2.29. The number of hydrogen-bond acceptors (Lipinski definition) is 2. The zero-order chi connectivity index (χ0) is 14.8. The molecule has 1 heterocycles. The number of hydrogen-bond donors (Lipinski definition) is 0. The number of pyridine rings is 1. The highest BCUT2D eigenvalue weighted by molar-refractivity contribution is 5.14. The van der Waals surface area contributed by atoms with E-state index in [1.165, 1.54) is 0 Å². The van der Waals surface area contributed by atoms with E-state index in [1.807, 2.05) is 0 Å². The third kappa shape index (κ3) is 3.74. The lowest BCUT2D eigenvalue weighted by Crippen LogP contribution is -2.31. The summed E-state index contributed by atoms with van der Waals surface area (Å²) < 4.78 is 74.2. The van der Waals surface area contributed by atoms with Gasteiger partial charge in [0, 0.05) is 12.3 Å². The van der Waals surface area contributed by atoms with Crippen LogP contribution in [-0.4, -0.2) is 10.7 Å². The van der Waals surface area contributed by atoms with Crippen molar-refractivity contribution in [1.82, 2.24) is 4.57 Å². The largest absolute Gasteiger partial charge is 0.417 e. The van der Waals surface area contributed by atoms with E-state index in [9.17, 15) is 31.1 Å². The first-order chi connectivity index (χ1) is 8.55. The molecule has 104 valence electrons. The Morgan fingerprint density at radius 1 is 1.21 bits per heavy atom. The normalized spacial score (nSPS) is 13.9. The van der Waals surface area contributed by atoms with Crippen LogP contribution in [0.2, 0.25) is 0 Å². The Hall–Kier alpha value is -1.98. The molecule has 0 radical (unpaired) electrons. The van der Waals surface area contributed by atoms with Gasteiger partial charge in [-0.3, -0.25) is 4.79 Å². The summed E-state index contributed by atoms with van der Waals surface area (Å²) in [7, 11) is 0. The maximum Gasteiger partial charge on any atom is 0.417 e. The highest BCUT2D eigenvalue weighted by Gasteiger charge is 2.40. The van der Waals surface area contributed by atoms with Crippen LogP contribution in [0.25, 0.3) is 0 Å². The summed E-state index contributed by atoms with van der Waals surface area (Å²) >= 11 is 0. The fourth-order valence-corrected chi connectivity index (χ4v) is 1.26. The monoisotopic (exact) mass is 284 g/mol. The number of nitriles is 1. The first-order valence-corrected chi connectivity index (χ1v) is 4.79. The third-order valence-corrected chi connectivity index (χ3v) is 2.24. The number of rotatable bonds is 2. The van der Waals surface area contributed by atoms with E-state index >= 15 is 0 Å². The van der Waals surface area contributed by atoms with Gasteiger partial charge in [-0.05, 0) is 6.07 Å². The lowest BCUT2D eigenvalue weighted by Gasteiger charge is -2.15. The van der Waals surface area contributed by atoms with E-state index in [4.69, 9.17) is 5.26 Å². The van der Waals surface area contributed by atoms with Crippen molar-refractivity contribution in [2.45, 2.75) is 18.9 Å². The van der Waals surface area contributed by atoms with Gasteiger partial charge in [0.15, 0.2) is 5.92 Å². The van der Waals surface area contributed by atoms with Crippen molar-refractivity contribution in [3.05, 3.63) is 34.2 Å². The van der Waals surface area contributed by atoms with Crippen LogP contribution in [0.3, 0.4) is 0 Å². The molecular formula is C10H6F6N2O. The van der Waals surface area contributed by atoms with Crippen molar-refractivity contribution in [1.29, 1.82) is 5.26 Å². The molecule has 1 rings (SSSR count). The second-order valence-corrected chi connectivity index (χ2v) is 3.63. The molecule has 0 spiro atoms. The number of aromatic nitrogens is 1. The van der Waals surface area contributed by atoms with Crippen molar-refractivity contribution >= 4 is 0 Å². The molecule has 0 saturated heterocycles. The Morgan fingerprint density at radius 2 is 1.79 bits per heavy atom. The molecule has 1 atom stereocenters. The van der Waals surface area contributed by atoms with Gasteiger partial charge in [0.25, 0.3) is 5.56 Å². The van der Waals surface area contributed by atoms with Gasteiger partial charge in [0.05, 0.1) is 18.2 Å². The molecule has 1 aromatic rings. The second kappa shape index (κ2) is 4.95. The summed E-state index contributed by atoms with van der Waals surface area (Å²) in [6.07, 6.45) is -9.43. The molecule has 9 heteroatoms. The van der Waals surface area contributed by atoms with Crippen LogP contribution in [-0.2, 0) is 12.7 Å². The fourth-order valence-electron chi connectivity index (χ4n) is 1.26. The van der Waals surface area contributed by atoms with Gasteiger partial charge in [-0.25, -0.2) is 0 Å². The van der Waals surface area contributed by atoms with Gasteiger partial charge in [-0.2, -0.15) is 31.6 Å². The molecule has 0 aromatic carbocycles. The van der Waals surface area contributed by atoms with Crippen molar-refractivity contribution in [3.8, 4) is 6.07 Å². The average Bonchev–Trinajstić information content (AvgIpc) is 2.24. The lowest BCUT2D eigenvalue weighted by atomic mass is 10.1. The van der Waals surface area contributed by atoms with Crippen molar-refractivity contribution in [2.24, 2.45) is 5.92 Å². The number of alkyl halides is 6. The molecule has 1 aromatic heterocycles. The summed E-state index contributed by atoms with van der Waals surface area (Å²) in [4.78, 5) is 11.2.